The van der Waals surface area contributed by atoms with Crippen LogP contribution in [0.4, 0.5) is 0 Å². The van der Waals surface area contributed by atoms with E-state index in [2.05, 4.69) is 9.99 Å². The summed E-state index contributed by atoms with van der Waals surface area (Å²) in [5.41, 5.74) is 5.38. The Morgan fingerprint density at radius 2 is 2.44 bits per heavy atom. The predicted octanol–water partition coefficient (Wildman–Crippen LogP) is 0.658. The van der Waals surface area contributed by atoms with Crippen LogP contribution in [0.5, 0.6) is 0 Å². The van der Waals surface area contributed by atoms with Gasteiger partial charge < -0.3 is 10.6 Å². The molecule has 0 rings (SSSR count). The Kier molecular flexibility index (Phi) is 5.51. The molecule has 0 spiro atoms. The lowest BCUT2D eigenvalue weighted by Crippen LogP contribution is -2.12. The van der Waals surface area contributed by atoms with E-state index in [1.807, 2.05) is 6.26 Å². The van der Waals surface area contributed by atoms with Crippen LogP contribution in [0.25, 0.3) is 0 Å². The Hall–Kier alpha value is -0.380. The van der Waals surface area contributed by atoms with Crippen LogP contribution in [0, 0.1) is 0 Å². The highest BCUT2D eigenvalue weighted by Gasteiger charge is 1.89. The summed E-state index contributed by atoms with van der Waals surface area (Å²) in [5, 5.41) is 3.54. The lowest BCUT2D eigenvalue weighted by Gasteiger charge is -1.95. The average molecular weight is 148 g/mol. The molecule has 2 N–H and O–H groups in total. The lowest BCUT2D eigenvalue weighted by molar-refractivity contribution is 0.212. The standard InChI is InChI=1S/C5H12N2OS/c1-8-7-5(6)3-4-9-2/h3-4H2,1-2H3,(H2,6,7). The first-order valence-corrected chi connectivity index (χ1v) is 4.05. The summed E-state index contributed by atoms with van der Waals surface area (Å²) in [6, 6.07) is 0. The van der Waals surface area contributed by atoms with E-state index < -0.39 is 0 Å². The predicted molar refractivity (Wildman–Crippen MR) is 41.6 cm³/mol. The third-order valence-electron chi connectivity index (χ3n) is 0.771. The van der Waals surface area contributed by atoms with E-state index in [0.29, 0.717) is 5.84 Å². The van der Waals surface area contributed by atoms with Crippen molar-refractivity contribution in [3.05, 3.63) is 0 Å². The number of nitrogens with zero attached hydrogens (tertiary/aromatic N) is 1. The van der Waals surface area contributed by atoms with Crippen molar-refractivity contribution in [1.29, 1.82) is 0 Å². The van der Waals surface area contributed by atoms with Gasteiger partial charge in [0.1, 0.15) is 12.9 Å². The monoisotopic (exact) mass is 148 g/mol. The molecule has 0 saturated heterocycles. The highest BCUT2D eigenvalue weighted by molar-refractivity contribution is 7.98. The van der Waals surface area contributed by atoms with E-state index >= 15 is 0 Å². The summed E-state index contributed by atoms with van der Waals surface area (Å²) in [6.07, 6.45) is 2.83. The second kappa shape index (κ2) is 5.75. The molecule has 0 aromatic rings. The van der Waals surface area contributed by atoms with Crippen molar-refractivity contribution in [2.45, 2.75) is 6.42 Å². The van der Waals surface area contributed by atoms with E-state index in [0.717, 1.165) is 12.2 Å². The maximum Gasteiger partial charge on any atom is 0.140 e. The van der Waals surface area contributed by atoms with Gasteiger partial charge in [-0.3, -0.25) is 0 Å². The van der Waals surface area contributed by atoms with Crippen molar-refractivity contribution in [3.63, 3.8) is 0 Å². The van der Waals surface area contributed by atoms with Crippen LogP contribution >= 0.6 is 11.8 Å². The minimum atomic E-state index is 0.562. The molecule has 0 radical (unpaired) electrons. The van der Waals surface area contributed by atoms with Crippen LogP contribution < -0.4 is 5.73 Å². The summed E-state index contributed by atoms with van der Waals surface area (Å²) in [4.78, 5) is 4.45. The first-order valence-electron chi connectivity index (χ1n) is 2.65. The summed E-state index contributed by atoms with van der Waals surface area (Å²) in [7, 11) is 1.49. The highest BCUT2D eigenvalue weighted by atomic mass is 32.2. The van der Waals surface area contributed by atoms with E-state index in [1.54, 1.807) is 11.8 Å². The Bertz CT molecular complexity index is 95.0. The normalized spacial score (nSPS) is 11.6. The molecule has 0 aromatic carbocycles. The van der Waals surface area contributed by atoms with Crippen molar-refractivity contribution in [2.75, 3.05) is 19.1 Å². The molecule has 0 amide bonds. The van der Waals surface area contributed by atoms with Crippen molar-refractivity contribution in [2.24, 2.45) is 10.9 Å². The van der Waals surface area contributed by atoms with Gasteiger partial charge in [0.2, 0.25) is 0 Å². The zero-order chi connectivity index (χ0) is 7.11. The molecule has 0 atom stereocenters. The van der Waals surface area contributed by atoms with E-state index in [-0.39, 0.29) is 0 Å². The van der Waals surface area contributed by atoms with Gasteiger partial charge in [-0.15, -0.1) is 0 Å². The molecule has 4 heteroatoms. The quantitative estimate of drug-likeness (QED) is 0.362. The number of nitrogens with two attached hydrogens (primary N) is 1. The van der Waals surface area contributed by atoms with E-state index in [1.165, 1.54) is 7.11 Å². The molecule has 54 valence electrons. The van der Waals surface area contributed by atoms with Crippen LogP contribution in [0.1, 0.15) is 6.42 Å². The van der Waals surface area contributed by atoms with Gasteiger partial charge >= 0.3 is 0 Å². The van der Waals surface area contributed by atoms with Gasteiger partial charge in [-0.05, 0) is 6.26 Å². The van der Waals surface area contributed by atoms with Crippen molar-refractivity contribution >= 4 is 17.6 Å². The molecule has 0 saturated carbocycles. The number of hydrogen-bond donors (Lipinski definition) is 1. The fourth-order valence-electron chi connectivity index (χ4n) is 0.370. The molecular weight excluding hydrogens is 136 g/mol. The molecule has 0 aliphatic heterocycles. The summed E-state index contributed by atoms with van der Waals surface area (Å²) >= 11 is 1.74. The summed E-state index contributed by atoms with van der Waals surface area (Å²) in [5.74, 6) is 1.56. The zero-order valence-corrected chi connectivity index (χ0v) is 6.57. The van der Waals surface area contributed by atoms with E-state index in [9.17, 15) is 0 Å². The minimum absolute atomic E-state index is 0.562. The fourth-order valence-corrected chi connectivity index (χ4v) is 0.783. The summed E-state index contributed by atoms with van der Waals surface area (Å²) in [6.45, 7) is 0. The molecule has 0 aromatic heterocycles. The van der Waals surface area contributed by atoms with Gasteiger partial charge in [0, 0.05) is 12.2 Å². The van der Waals surface area contributed by atoms with Gasteiger partial charge in [-0.25, -0.2) is 0 Å². The molecular formula is C5H12N2OS. The Morgan fingerprint density at radius 3 is 2.89 bits per heavy atom. The van der Waals surface area contributed by atoms with Crippen LogP contribution in [-0.2, 0) is 4.84 Å². The second-order valence-corrected chi connectivity index (χ2v) is 2.49. The van der Waals surface area contributed by atoms with Gasteiger partial charge in [-0.2, -0.15) is 11.8 Å². The van der Waals surface area contributed by atoms with Crippen molar-refractivity contribution in [1.82, 2.24) is 0 Å². The number of oxime groups is 1. The minimum Gasteiger partial charge on any atom is -0.398 e. The van der Waals surface area contributed by atoms with Crippen LogP contribution in [-0.4, -0.2) is 25.0 Å². The van der Waals surface area contributed by atoms with Crippen molar-refractivity contribution < 1.29 is 4.84 Å². The zero-order valence-electron chi connectivity index (χ0n) is 5.76. The van der Waals surface area contributed by atoms with Gasteiger partial charge in [0.15, 0.2) is 0 Å². The van der Waals surface area contributed by atoms with Crippen LogP contribution in [0.15, 0.2) is 5.16 Å². The lowest BCUT2D eigenvalue weighted by atomic mass is 10.5. The molecule has 0 aliphatic carbocycles. The number of rotatable bonds is 4. The smallest absolute Gasteiger partial charge is 0.140 e. The second-order valence-electron chi connectivity index (χ2n) is 1.51. The Morgan fingerprint density at radius 1 is 1.78 bits per heavy atom. The topological polar surface area (TPSA) is 47.6 Å². The molecule has 0 aliphatic rings. The Labute approximate surface area is 59.6 Å². The maximum atomic E-state index is 5.38. The molecule has 3 nitrogen and oxygen atoms in total. The number of hydrogen-bond acceptors (Lipinski definition) is 3. The first-order chi connectivity index (χ1) is 4.31. The number of thioether (sulfide) groups is 1. The fraction of sp³-hybridized carbons (Fsp3) is 0.800. The Balaban J connectivity index is 3.25. The molecule has 0 unspecified atom stereocenters. The maximum absolute atomic E-state index is 5.38. The van der Waals surface area contributed by atoms with Crippen LogP contribution in [0.2, 0.25) is 0 Å². The van der Waals surface area contributed by atoms with E-state index in [4.69, 9.17) is 5.73 Å². The molecule has 0 heterocycles. The van der Waals surface area contributed by atoms with Crippen molar-refractivity contribution in [3.8, 4) is 0 Å². The molecule has 0 fully saturated rings. The third kappa shape index (κ3) is 5.49. The third-order valence-corrected chi connectivity index (χ3v) is 1.38. The SMILES string of the molecule is CON=C(N)CCSC. The van der Waals surface area contributed by atoms with Crippen LogP contribution in [0.3, 0.4) is 0 Å². The van der Waals surface area contributed by atoms with Gasteiger partial charge in [0.25, 0.3) is 0 Å². The number of amidine groups is 1. The molecule has 0 bridgehead atoms. The highest BCUT2D eigenvalue weighted by Crippen LogP contribution is 1.94. The molecule has 9 heavy (non-hydrogen) atoms. The van der Waals surface area contributed by atoms with Gasteiger partial charge in [0.05, 0.1) is 0 Å². The largest absolute Gasteiger partial charge is 0.398 e. The van der Waals surface area contributed by atoms with Gasteiger partial charge in [-0.1, -0.05) is 5.16 Å². The average Bonchev–Trinajstić information content (AvgIpc) is 1.85. The first kappa shape index (κ1) is 8.62. The summed E-state index contributed by atoms with van der Waals surface area (Å²) < 4.78 is 0.